The minimum Gasteiger partial charge on any atom is -0.450 e. The second-order valence-corrected chi connectivity index (χ2v) is 10.7. The highest BCUT2D eigenvalue weighted by Gasteiger charge is 2.31. The van der Waals surface area contributed by atoms with Crippen LogP contribution in [0.2, 0.25) is 0 Å². The van der Waals surface area contributed by atoms with Crippen LogP contribution in [0.3, 0.4) is 0 Å². The second-order valence-electron chi connectivity index (χ2n) is 8.77. The van der Waals surface area contributed by atoms with Crippen LogP contribution in [-0.2, 0) is 26.0 Å². The average molecular weight is 462 g/mol. The number of hydrogen-bond donors (Lipinski definition) is 0. The van der Waals surface area contributed by atoms with Crippen LogP contribution in [0.15, 0.2) is 28.7 Å². The molecular formula is C23H31N3O5S. The lowest BCUT2D eigenvalue weighted by atomic mass is 10.0. The number of piperidine rings is 1. The van der Waals surface area contributed by atoms with Gasteiger partial charge in [0.15, 0.2) is 0 Å². The first kappa shape index (κ1) is 22.8. The minimum absolute atomic E-state index is 0.0564. The fourth-order valence-corrected chi connectivity index (χ4v) is 6.00. The van der Waals surface area contributed by atoms with Crippen LogP contribution in [0.1, 0.15) is 37.8 Å². The first-order valence-electron chi connectivity index (χ1n) is 11.3. The zero-order valence-corrected chi connectivity index (χ0v) is 19.6. The highest BCUT2D eigenvalue weighted by atomic mass is 32.2. The van der Waals surface area contributed by atoms with Gasteiger partial charge in [0, 0.05) is 51.3 Å². The number of amides is 2. The second kappa shape index (κ2) is 9.23. The van der Waals surface area contributed by atoms with Crippen molar-refractivity contribution in [3.63, 3.8) is 0 Å². The van der Waals surface area contributed by atoms with Gasteiger partial charge in [-0.3, -0.25) is 4.79 Å². The third-order valence-electron chi connectivity index (χ3n) is 6.58. The number of sulfonamides is 1. The van der Waals surface area contributed by atoms with Gasteiger partial charge in [0.25, 0.3) is 0 Å². The van der Waals surface area contributed by atoms with E-state index in [-0.39, 0.29) is 12.0 Å². The van der Waals surface area contributed by atoms with E-state index in [2.05, 4.69) is 6.92 Å². The fourth-order valence-electron chi connectivity index (χ4n) is 4.49. The standard InChI is InChI=1S/C23H31N3O5S/c1-3-31-23(28)25-12-10-24(11-13-25)22(27)20-14-18-4-5-21(16-19(18)15-20)32(29,30)26-8-6-17(2)7-9-26/h4-5,15-17H,3,6-14H2,1-2H3. The van der Waals surface area contributed by atoms with E-state index in [1.165, 1.54) is 0 Å². The van der Waals surface area contributed by atoms with Gasteiger partial charge in [-0.25, -0.2) is 13.2 Å². The summed E-state index contributed by atoms with van der Waals surface area (Å²) in [6.45, 7) is 7.17. The molecule has 1 aromatic rings. The summed E-state index contributed by atoms with van der Waals surface area (Å²) < 4.78 is 32.8. The maximum Gasteiger partial charge on any atom is 0.409 e. The molecule has 4 rings (SSSR count). The third-order valence-corrected chi connectivity index (χ3v) is 8.47. The molecule has 0 radical (unpaired) electrons. The molecule has 2 fully saturated rings. The summed E-state index contributed by atoms with van der Waals surface area (Å²) in [6, 6.07) is 5.18. The number of benzene rings is 1. The van der Waals surface area contributed by atoms with Crippen molar-refractivity contribution in [3.05, 3.63) is 34.9 Å². The lowest BCUT2D eigenvalue weighted by Gasteiger charge is -2.34. The first-order valence-corrected chi connectivity index (χ1v) is 12.8. The van der Waals surface area contributed by atoms with Gasteiger partial charge < -0.3 is 14.5 Å². The topological polar surface area (TPSA) is 87.2 Å². The van der Waals surface area contributed by atoms with Gasteiger partial charge >= 0.3 is 6.09 Å². The summed E-state index contributed by atoms with van der Waals surface area (Å²) in [5, 5.41) is 0. The van der Waals surface area contributed by atoms with Gasteiger partial charge in [0.1, 0.15) is 0 Å². The molecule has 1 aliphatic carbocycles. The zero-order chi connectivity index (χ0) is 22.9. The molecule has 9 heteroatoms. The maximum absolute atomic E-state index is 13.1. The van der Waals surface area contributed by atoms with E-state index < -0.39 is 10.0 Å². The van der Waals surface area contributed by atoms with Crippen LogP contribution < -0.4 is 0 Å². The summed E-state index contributed by atoms with van der Waals surface area (Å²) in [6.07, 6.45) is 3.72. The molecule has 0 unspecified atom stereocenters. The van der Waals surface area contributed by atoms with Crippen molar-refractivity contribution in [3.8, 4) is 0 Å². The van der Waals surface area contributed by atoms with Crippen molar-refractivity contribution in [1.82, 2.24) is 14.1 Å². The molecule has 0 spiro atoms. The highest BCUT2D eigenvalue weighted by Crippen LogP contribution is 2.31. The molecule has 0 N–H and O–H groups in total. The van der Waals surface area contributed by atoms with Crippen LogP contribution in [-0.4, -0.2) is 80.4 Å². The van der Waals surface area contributed by atoms with Gasteiger partial charge in [0.05, 0.1) is 11.5 Å². The predicted octanol–water partition coefficient (Wildman–Crippen LogP) is 2.35. The summed E-state index contributed by atoms with van der Waals surface area (Å²) >= 11 is 0. The average Bonchev–Trinajstić information content (AvgIpc) is 3.22. The van der Waals surface area contributed by atoms with Crippen molar-refractivity contribution >= 4 is 28.1 Å². The molecule has 2 aliphatic heterocycles. The van der Waals surface area contributed by atoms with Crippen LogP contribution >= 0.6 is 0 Å². The summed E-state index contributed by atoms with van der Waals surface area (Å²) in [4.78, 5) is 28.5. The molecule has 0 saturated carbocycles. The Bertz CT molecular complexity index is 1020. The van der Waals surface area contributed by atoms with Crippen LogP contribution in [0, 0.1) is 5.92 Å². The zero-order valence-electron chi connectivity index (χ0n) is 18.7. The van der Waals surface area contributed by atoms with E-state index >= 15 is 0 Å². The van der Waals surface area contributed by atoms with E-state index in [1.807, 2.05) is 12.1 Å². The molecule has 0 bridgehead atoms. The number of nitrogens with zero attached hydrogens (tertiary/aromatic N) is 3. The van der Waals surface area contributed by atoms with E-state index in [1.54, 1.807) is 33.2 Å². The van der Waals surface area contributed by atoms with Gasteiger partial charge in [-0.05, 0) is 55.0 Å². The Hall–Kier alpha value is -2.39. The number of hydrogen-bond acceptors (Lipinski definition) is 5. The van der Waals surface area contributed by atoms with Crippen LogP contribution in [0.5, 0.6) is 0 Å². The molecule has 1 aromatic carbocycles. The predicted molar refractivity (Wildman–Crippen MR) is 120 cm³/mol. The number of piperazine rings is 1. The summed E-state index contributed by atoms with van der Waals surface area (Å²) in [5.74, 6) is 0.497. The molecule has 3 aliphatic rings. The summed E-state index contributed by atoms with van der Waals surface area (Å²) in [5.41, 5.74) is 2.42. The van der Waals surface area contributed by atoms with E-state index in [9.17, 15) is 18.0 Å². The Labute approximate surface area is 189 Å². The molecule has 0 aromatic heterocycles. The Morgan fingerprint density at radius 1 is 1.03 bits per heavy atom. The number of carbonyl (C=O) groups excluding carboxylic acids is 2. The smallest absolute Gasteiger partial charge is 0.409 e. The number of ether oxygens (including phenoxy) is 1. The monoisotopic (exact) mass is 461 g/mol. The van der Waals surface area contributed by atoms with Crippen LogP contribution in [0.25, 0.3) is 6.08 Å². The molecule has 2 heterocycles. The lowest BCUT2D eigenvalue weighted by Crippen LogP contribution is -2.51. The Morgan fingerprint density at radius 3 is 2.34 bits per heavy atom. The Kier molecular flexibility index (Phi) is 6.57. The van der Waals surface area contributed by atoms with E-state index in [0.29, 0.717) is 68.7 Å². The van der Waals surface area contributed by atoms with Crippen molar-refractivity contribution in [1.29, 1.82) is 0 Å². The first-order chi connectivity index (χ1) is 15.3. The number of fused-ring (bicyclic) bond motifs is 1. The normalized spacial score (nSPS) is 20.1. The fraction of sp³-hybridized carbons (Fsp3) is 0.565. The Balaban J connectivity index is 1.43. The van der Waals surface area contributed by atoms with Crippen molar-refractivity contribution in [2.24, 2.45) is 5.92 Å². The molecule has 8 nitrogen and oxygen atoms in total. The minimum atomic E-state index is -3.52. The highest BCUT2D eigenvalue weighted by molar-refractivity contribution is 7.89. The molecule has 32 heavy (non-hydrogen) atoms. The van der Waals surface area contributed by atoms with Crippen LogP contribution in [0.4, 0.5) is 4.79 Å². The Morgan fingerprint density at radius 2 is 1.69 bits per heavy atom. The van der Waals surface area contributed by atoms with Gasteiger partial charge in [-0.15, -0.1) is 0 Å². The van der Waals surface area contributed by atoms with Crippen molar-refractivity contribution in [2.45, 2.75) is 38.0 Å². The van der Waals surface area contributed by atoms with E-state index in [0.717, 1.165) is 24.0 Å². The van der Waals surface area contributed by atoms with Crippen molar-refractivity contribution in [2.75, 3.05) is 45.9 Å². The van der Waals surface area contributed by atoms with Gasteiger partial charge in [-0.2, -0.15) is 4.31 Å². The quantitative estimate of drug-likeness (QED) is 0.687. The van der Waals surface area contributed by atoms with Crippen molar-refractivity contribution < 1.29 is 22.7 Å². The van der Waals surface area contributed by atoms with Gasteiger partial charge in [0.2, 0.25) is 15.9 Å². The molecular weight excluding hydrogens is 430 g/mol. The molecule has 2 saturated heterocycles. The lowest BCUT2D eigenvalue weighted by molar-refractivity contribution is -0.128. The number of rotatable bonds is 4. The molecule has 0 atom stereocenters. The third kappa shape index (κ3) is 4.54. The maximum atomic E-state index is 13.1. The SMILES string of the molecule is CCOC(=O)N1CCN(C(=O)C2=Cc3cc(S(=O)(=O)N4CCC(C)CC4)ccc3C2)CC1. The molecule has 174 valence electrons. The number of carbonyl (C=O) groups is 2. The van der Waals surface area contributed by atoms with E-state index in [4.69, 9.17) is 4.74 Å². The summed E-state index contributed by atoms with van der Waals surface area (Å²) in [7, 11) is -3.52. The molecule has 2 amide bonds. The van der Waals surface area contributed by atoms with Gasteiger partial charge in [-0.1, -0.05) is 13.0 Å². The largest absolute Gasteiger partial charge is 0.450 e.